The van der Waals surface area contributed by atoms with Gasteiger partial charge in [-0.15, -0.1) is 0 Å². The van der Waals surface area contributed by atoms with Gasteiger partial charge in [0.15, 0.2) is 0 Å². The number of primary amides is 1. The van der Waals surface area contributed by atoms with E-state index in [1.807, 2.05) is 0 Å². The normalized spacial score (nSPS) is 10.3. The van der Waals surface area contributed by atoms with Crippen LogP contribution in [-0.4, -0.2) is 22.4 Å². The van der Waals surface area contributed by atoms with Crippen molar-refractivity contribution < 1.29 is 9.72 Å². The van der Waals surface area contributed by atoms with Gasteiger partial charge in [-0.1, -0.05) is 0 Å². The minimum Gasteiger partial charge on any atom is -0.379 e. The lowest BCUT2D eigenvalue weighted by Gasteiger charge is -2.07. The van der Waals surface area contributed by atoms with Gasteiger partial charge in [0.2, 0.25) is 5.91 Å². The SMILES string of the molecule is NC(=O)CCNc1ccc2ncccc2c1[N+](=O)[O-]. The number of nitrogens with two attached hydrogens (primary N) is 1. The molecule has 0 bridgehead atoms. The summed E-state index contributed by atoms with van der Waals surface area (Å²) in [5.41, 5.74) is 5.88. The van der Waals surface area contributed by atoms with E-state index in [2.05, 4.69) is 10.3 Å². The standard InChI is InChI=1S/C12H12N4O3/c13-11(17)5-7-15-10-4-3-9-8(2-1-6-14-9)12(10)16(18)19/h1-4,6,15H,5,7H2,(H2,13,17). The Morgan fingerprint density at radius 3 is 2.89 bits per heavy atom. The molecule has 0 radical (unpaired) electrons. The molecule has 2 aromatic rings. The van der Waals surface area contributed by atoms with E-state index in [0.29, 0.717) is 16.6 Å². The maximum Gasteiger partial charge on any atom is 0.301 e. The maximum atomic E-state index is 11.2. The highest BCUT2D eigenvalue weighted by Crippen LogP contribution is 2.32. The van der Waals surface area contributed by atoms with Crippen LogP contribution in [-0.2, 0) is 4.79 Å². The van der Waals surface area contributed by atoms with Crippen LogP contribution >= 0.6 is 0 Å². The first-order valence-corrected chi connectivity index (χ1v) is 5.64. The van der Waals surface area contributed by atoms with Gasteiger partial charge in [0, 0.05) is 19.2 Å². The Morgan fingerprint density at radius 2 is 2.21 bits per heavy atom. The Labute approximate surface area is 108 Å². The highest BCUT2D eigenvalue weighted by Gasteiger charge is 2.18. The van der Waals surface area contributed by atoms with Crippen LogP contribution in [0, 0.1) is 10.1 Å². The molecule has 0 saturated carbocycles. The van der Waals surface area contributed by atoms with Crippen molar-refractivity contribution in [2.45, 2.75) is 6.42 Å². The first kappa shape index (κ1) is 12.7. The summed E-state index contributed by atoms with van der Waals surface area (Å²) in [7, 11) is 0. The molecule has 7 heteroatoms. The Bertz CT molecular complexity index is 642. The minimum absolute atomic E-state index is 0.0462. The monoisotopic (exact) mass is 260 g/mol. The number of carbonyl (C=O) groups is 1. The molecule has 1 amide bonds. The van der Waals surface area contributed by atoms with Gasteiger partial charge in [-0.25, -0.2) is 0 Å². The lowest BCUT2D eigenvalue weighted by atomic mass is 10.1. The number of anilines is 1. The van der Waals surface area contributed by atoms with Crippen molar-refractivity contribution in [2.24, 2.45) is 5.73 Å². The quantitative estimate of drug-likeness (QED) is 0.624. The summed E-state index contributed by atoms with van der Waals surface area (Å²) < 4.78 is 0. The fourth-order valence-corrected chi connectivity index (χ4v) is 1.80. The number of nitrogens with zero attached hydrogens (tertiary/aromatic N) is 2. The number of amides is 1. The number of fused-ring (bicyclic) bond motifs is 1. The Hall–Kier alpha value is -2.70. The van der Waals surface area contributed by atoms with Crippen molar-refractivity contribution >= 4 is 28.2 Å². The molecule has 3 N–H and O–H groups in total. The van der Waals surface area contributed by atoms with Crippen molar-refractivity contribution in [2.75, 3.05) is 11.9 Å². The molecular weight excluding hydrogens is 248 g/mol. The van der Waals surface area contributed by atoms with Gasteiger partial charge in [-0.2, -0.15) is 0 Å². The smallest absolute Gasteiger partial charge is 0.301 e. The van der Waals surface area contributed by atoms with Crippen molar-refractivity contribution in [3.05, 3.63) is 40.6 Å². The highest BCUT2D eigenvalue weighted by molar-refractivity contribution is 5.94. The van der Waals surface area contributed by atoms with E-state index in [4.69, 9.17) is 5.73 Å². The predicted octanol–water partition coefficient (Wildman–Crippen LogP) is 1.43. The number of pyridine rings is 1. The van der Waals surface area contributed by atoms with Gasteiger partial charge >= 0.3 is 5.69 Å². The molecule has 1 aromatic heterocycles. The molecule has 19 heavy (non-hydrogen) atoms. The van der Waals surface area contributed by atoms with Gasteiger partial charge in [0.25, 0.3) is 0 Å². The van der Waals surface area contributed by atoms with E-state index in [1.54, 1.807) is 30.5 Å². The molecule has 0 saturated heterocycles. The van der Waals surface area contributed by atoms with Gasteiger partial charge in [-0.3, -0.25) is 19.9 Å². The van der Waals surface area contributed by atoms with Crippen molar-refractivity contribution in [3.63, 3.8) is 0 Å². The van der Waals surface area contributed by atoms with Crippen LogP contribution in [0.1, 0.15) is 6.42 Å². The van der Waals surface area contributed by atoms with Gasteiger partial charge < -0.3 is 11.1 Å². The van der Waals surface area contributed by atoms with E-state index < -0.39 is 10.8 Å². The van der Waals surface area contributed by atoms with E-state index in [-0.39, 0.29) is 18.7 Å². The van der Waals surface area contributed by atoms with E-state index in [1.165, 1.54) is 0 Å². The van der Waals surface area contributed by atoms with Crippen LogP contribution in [0.5, 0.6) is 0 Å². The molecule has 0 unspecified atom stereocenters. The third-order valence-electron chi connectivity index (χ3n) is 2.63. The number of nitrogens with one attached hydrogen (secondary N) is 1. The molecule has 2 rings (SSSR count). The van der Waals surface area contributed by atoms with Crippen LogP contribution in [0.3, 0.4) is 0 Å². The third kappa shape index (κ3) is 2.76. The van der Waals surface area contributed by atoms with E-state index in [9.17, 15) is 14.9 Å². The lowest BCUT2D eigenvalue weighted by Crippen LogP contribution is -2.16. The number of aromatic nitrogens is 1. The fraction of sp³-hybridized carbons (Fsp3) is 0.167. The molecule has 1 aromatic carbocycles. The van der Waals surface area contributed by atoms with E-state index in [0.717, 1.165) is 0 Å². The Balaban J connectivity index is 2.40. The van der Waals surface area contributed by atoms with E-state index >= 15 is 0 Å². The molecule has 7 nitrogen and oxygen atoms in total. The number of carbonyl (C=O) groups excluding carboxylic acids is 1. The molecule has 98 valence electrons. The molecular formula is C12H12N4O3. The molecule has 0 fully saturated rings. The Kier molecular flexibility index (Phi) is 3.56. The molecule has 0 aliphatic heterocycles. The summed E-state index contributed by atoms with van der Waals surface area (Å²) in [5, 5.41) is 14.5. The van der Waals surface area contributed by atoms with Crippen LogP contribution < -0.4 is 11.1 Å². The summed E-state index contributed by atoms with van der Waals surface area (Å²) >= 11 is 0. The number of rotatable bonds is 5. The zero-order valence-corrected chi connectivity index (χ0v) is 10.00. The summed E-state index contributed by atoms with van der Waals surface area (Å²) in [6, 6.07) is 6.55. The first-order chi connectivity index (χ1) is 9.09. The topological polar surface area (TPSA) is 111 Å². The second-order valence-electron chi connectivity index (χ2n) is 3.93. The summed E-state index contributed by atoms with van der Waals surface area (Å²) in [4.78, 5) is 25.4. The second-order valence-corrected chi connectivity index (χ2v) is 3.93. The van der Waals surface area contributed by atoms with Gasteiger partial charge in [0.1, 0.15) is 5.69 Å². The number of nitro groups is 1. The summed E-state index contributed by atoms with van der Waals surface area (Å²) in [5.74, 6) is -0.461. The molecule has 0 aliphatic rings. The van der Waals surface area contributed by atoms with Gasteiger partial charge in [-0.05, 0) is 24.3 Å². The van der Waals surface area contributed by atoms with Gasteiger partial charge in [0.05, 0.1) is 15.8 Å². The number of hydrogen-bond acceptors (Lipinski definition) is 5. The van der Waals surface area contributed by atoms with Crippen LogP contribution in [0.25, 0.3) is 10.9 Å². The Morgan fingerprint density at radius 1 is 1.42 bits per heavy atom. The molecule has 0 spiro atoms. The molecule has 0 aliphatic carbocycles. The van der Waals surface area contributed by atoms with Crippen molar-refractivity contribution in [1.82, 2.24) is 4.98 Å². The molecule has 1 heterocycles. The van der Waals surface area contributed by atoms with Crippen LogP contribution in [0.2, 0.25) is 0 Å². The lowest BCUT2D eigenvalue weighted by molar-refractivity contribution is -0.382. The predicted molar refractivity (Wildman–Crippen MR) is 70.7 cm³/mol. The van der Waals surface area contributed by atoms with Crippen LogP contribution in [0.4, 0.5) is 11.4 Å². The third-order valence-corrected chi connectivity index (χ3v) is 2.63. The zero-order chi connectivity index (χ0) is 13.8. The highest BCUT2D eigenvalue weighted by atomic mass is 16.6. The number of benzene rings is 1. The average molecular weight is 260 g/mol. The van der Waals surface area contributed by atoms with Crippen molar-refractivity contribution in [3.8, 4) is 0 Å². The first-order valence-electron chi connectivity index (χ1n) is 5.64. The number of nitro benzene ring substituents is 1. The molecule has 0 atom stereocenters. The van der Waals surface area contributed by atoms with Crippen molar-refractivity contribution in [1.29, 1.82) is 0 Å². The minimum atomic E-state index is -0.462. The largest absolute Gasteiger partial charge is 0.379 e. The zero-order valence-electron chi connectivity index (χ0n) is 10.00. The second kappa shape index (κ2) is 5.30. The summed E-state index contributed by atoms with van der Waals surface area (Å²) in [6.07, 6.45) is 1.69. The van der Waals surface area contributed by atoms with Crippen LogP contribution in [0.15, 0.2) is 30.5 Å². The average Bonchev–Trinajstić information content (AvgIpc) is 2.37. The fourth-order valence-electron chi connectivity index (χ4n) is 1.80. The maximum absolute atomic E-state index is 11.2. The number of hydrogen-bond donors (Lipinski definition) is 2. The summed E-state index contributed by atoms with van der Waals surface area (Å²) in [6.45, 7) is 0.252.